The minimum absolute atomic E-state index is 0.0244. The monoisotopic (exact) mass is 410 g/mol. The fourth-order valence-electron chi connectivity index (χ4n) is 2.36. The van der Waals surface area contributed by atoms with Crippen LogP contribution in [0.2, 0.25) is 0 Å². The van der Waals surface area contributed by atoms with Crippen molar-refractivity contribution in [1.29, 1.82) is 0 Å². The zero-order chi connectivity index (χ0) is 20.4. The molecular weight excluding hydrogens is 385 g/mol. The smallest absolute Gasteiger partial charge is 0.387 e. The lowest BCUT2D eigenvalue weighted by Crippen LogP contribution is -2.37. The number of nitrogens with zero attached hydrogens (tertiary/aromatic N) is 2. The Labute approximate surface area is 154 Å². The topological polar surface area (TPSA) is 160 Å². The number of aliphatic hydroxyl groups excluding tert-OH is 2. The van der Waals surface area contributed by atoms with E-state index < -0.39 is 50.2 Å². The van der Waals surface area contributed by atoms with Crippen molar-refractivity contribution in [3.8, 4) is 0 Å². The van der Waals surface area contributed by atoms with E-state index in [0.717, 1.165) is 16.8 Å². The molecule has 1 saturated heterocycles. The number of aromatic amines is 1. The second-order valence-electron chi connectivity index (χ2n) is 7.18. The van der Waals surface area contributed by atoms with E-state index in [2.05, 4.69) is 0 Å². The van der Waals surface area contributed by atoms with Gasteiger partial charge in [0.1, 0.15) is 31.5 Å². The molecule has 1 aliphatic heterocycles. The molecule has 1 aliphatic rings. The minimum atomic E-state index is -4.38. The molecule has 5 atom stereocenters. The maximum atomic E-state index is 11.9. The molecular formula is C14H25N3O9P+. The summed E-state index contributed by atoms with van der Waals surface area (Å²) >= 11 is 0. The van der Waals surface area contributed by atoms with Crippen LogP contribution < -0.4 is 11.2 Å². The number of likely N-dealkylation sites (N-methyl/N-ethyl adjacent to an activating group) is 1. The minimum Gasteiger partial charge on any atom is -0.387 e. The Balaban J connectivity index is 1.96. The number of hydrogen-bond donors (Lipinski definition) is 4. The Morgan fingerprint density at radius 1 is 1.26 bits per heavy atom. The summed E-state index contributed by atoms with van der Waals surface area (Å²) in [5, 5.41) is 20.1. The van der Waals surface area contributed by atoms with Gasteiger partial charge in [-0.25, -0.2) is 9.36 Å². The van der Waals surface area contributed by atoms with Gasteiger partial charge in [0.2, 0.25) is 0 Å². The van der Waals surface area contributed by atoms with Crippen molar-refractivity contribution in [2.24, 2.45) is 0 Å². The highest BCUT2D eigenvalue weighted by Crippen LogP contribution is 2.44. The molecule has 2 rings (SSSR count). The molecule has 0 aromatic carbocycles. The molecule has 12 nitrogen and oxygen atoms in total. The number of nitrogens with one attached hydrogen (secondary N) is 1. The molecule has 2 heterocycles. The summed E-state index contributed by atoms with van der Waals surface area (Å²) in [5.41, 5.74) is -1.46. The Morgan fingerprint density at radius 2 is 1.93 bits per heavy atom. The molecule has 154 valence electrons. The SMILES string of the molecule is C[N+](C)(C)CCOP(=O)(O)OC[C@H]1O[C@@H](n2ccc(=O)[nH]c2=O)[C@H](O)[C@@H]1O. The molecule has 27 heavy (non-hydrogen) atoms. The van der Waals surface area contributed by atoms with Gasteiger partial charge in [-0.1, -0.05) is 0 Å². The molecule has 0 aliphatic carbocycles. The number of ether oxygens (including phenoxy) is 1. The fourth-order valence-corrected chi connectivity index (χ4v) is 3.08. The lowest BCUT2D eigenvalue weighted by atomic mass is 10.1. The predicted molar refractivity (Wildman–Crippen MR) is 91.9 cm³/mol. The van der Waals surface area contributed by atoms with Crippen molar-refractivity contribution in [3.05, 3.63) is 33.1 Å². The number of H-pyrrole nitrogens is 1. The van der Waals surface area contributed by atoms with Gasteiger partial charge in [0, 0.05) is 12.3 Å². The van der Waals surface area contributed by atoms with Crippen molar-refractivity contribution in [1.82, 2.24) is 9.55 Å². The van der Waals surface area contributed by atoms with E-state index in [4.69, 9.17) is 13.8 Å². The van der Waals surface area contributed by atoms with Gasteiger partial charge in [-0.3, -0.25) is 23.4 Å². The third kappa shape index (κ3) is 6.06. The van der Waals surface area contributed by atoms with Gasteiger partial charge in [0.15, 0.2) is 6.23 Å². The van der Waals surface area contributed by atoms with Crippen LogP contribution in [0, 0.1) is 0 Å². The van der Waals surface area contributed by atoms with E-state index in [1.54, 1.807) is 0 Å². The van der Waals surface area contributed by atoms with Crippen molar-refractivity contribution in [2.45, 2.75) is 24.5 Å². The molecule has 4 N–H and O–H groups in total. The third-order valence-electron chi connectivity index (χ3n) is 3.88. The molecule has 0 radical (unpaired) electrons. The first kappa shape index (κ1) is 21.9. The summed E-state index contributed by atoms with van der Waals surface area (Å²) in [6.07, 6.45) is -4.38. The van der Waals surface area contributed by atoms with Gasteiger partial charge < -0.3 is 24.3 Å². The fraction of sp³-hybridized carbons (Fsp3) is 0.714. The second kappa shape index (κ2) is 8.33. The van der Waals surface area contributed by atoms with Crippen molar-refractivity contribution in [3.63, 3.8) is 0 Å². The van der Waals surface area contributed by atoms with E-state index in [0.29, 0.717) is 11.0 Å². The summed E-state index contributed by atoms with van der Waals surface area (Å²) in [5.74, 6) is 0. The highest BCUT2D eigenvalue weighted by atomic mass is 31.2. The molecule has 13 heteroatoms. The maximum absolute atomic E-state index is 11.9. The first-order valence-electron chi connectivity index (χ1n) is 8.15. The maximum Gasteiger partial charge on any atom is 0.472 e. The summed E-state index contributed by atoms with van der Waals surface area (Å²) in [7, 11) is 1.27. The molecule has 1 unspecified atom stereocenters. The van der Waals surface area contributed by atoms with Gasteiger partial charge in [0.25, 0.3) is 5.56 Å². The molecule has 1 aromatic rings. The number of rotatable bonds is 8. The van der Waals surface area contributed by atoms with Crippen LogP contribution in [0.3, 0.4) is 0 Å². The van der Waals surface area contributed by atoms with Crippen molar-refractivity contribution < 1.29 is 37.9 Å². The zero-order valence-corrected chi connectivity index (χ0v) is 16.1. The summed E-state index contributed by atoms with van der Waals surface area (Å²) in [6.45, 7) is -0.110. The van der Waals surface area contributed by atoms with Crippen molar-refractivity contribution in [2.75, 3.05) is 40.9 Å². The van der Waals surface area contributed by atoms with Crippen LogP contribution in [0.1, 0.15) is 6.23 Å². The Bertz CT molecular complexity index is 802. The molecule has 0 bridgehead atoms. The normalized spacial score (nSPS) is 28.2. The van der Waals surface area contributed by atoms with Crippen LogP contribution >= 0.6 is 7.82 Å². The Kier molecular flexibility index (Phi) is 6.77. The van der Waals surface area contributed by atoms with E-state index in [9.17, 15) is 29.3 Å². The summed E-state index contributed by atoms with van der Waals surface area (Å²) < 4.78 is 28.4. The van der Waals surface area contributed by atoms with Gasteiger partial charge in [-0.05, 0) is 0 Å². The van der Waals surface area contributed by atoms with Gasteiger partial charge in [-0.15, -0.1) is 0 Å². The van der Waals surface area contributed by atoms with Gasteiger partial charge in [0.05, 0.1) is 27.7 Å². The van der Waals surface area contributed by atoms with E-state index >= 15 is 0 Å². The third-order valence-corrected chi connectivity index (χ3v) is 4.87. The average Bonchev–Trinajstić information content (AvgIpc) is 2.80. The van der Waals surface area contributed by atoms with Gasteiger partial charge in [-0.2, -0.15) is 0 Å². The standard InChI is InChI=1S/C14H24N3O9P/c1-17(2,3)6-7-24-27(22,23)25-8-9-11(19)12(20)13(26-9)16-5-4-10(18)15-14(16)21/h4-5,9,11-13,19-20H,6-8H2,1-3H3,(H-,15,18,21,22,23)/p+1/t9-,11-,12-,13-/m1/s1. The number of hydrogen-bond acceptors (Lipinski definition) is 8. The number of phosphoric ester groups is 1. The average molecular weight is 410 g/mol. The number of quaternary nitrogens is 1. The lowest BCUT2D eigenvalue weighted by molar-refractivity contribution is -0.870. The van der Waals surface area contributed by atoms with Crippen LogP contribution in [0.25, 0.3) is 0 Å². The van der Waals surface area contributed by atoms with E-state index in [1.165, 1.54) is 0 Å². The largest absolute Gasteiger partial charge is 0.472 e. The summed E-state index contributed by atoms with van der Waals surface area (Å²) in [4.78, 5) is 34.6. The molecule has 1 aromatic heterocycles. The van der Waals surface area contributed by atoms with Crippen LogP contribution in [0.4, 0.5) is 0 Å². The molecule has 0 amide bonds. The van der Waals surface area contributed by atoms with Crippen LogP contribution in [-0.4, -0.2) is 88.4 Å². The molecule has 0 saturated carbocycles. The highest BCUT2D eigenvalue weighted by Gasteiger charge is 2.45. The van der Waals surface area contributed by atoms with E-state index in [1.807, 2.05) is 26.1 Å². The number of phosphoric acid groups is 1. The first-order valence-corrected chi connectivity index (χ1v) is 9.64. The molecule has 0 spiro atoms. The quantitative estimate of drug-likeness (QED) is 0.281. The lowest BCUT2D eigenvalue weighted by Gasteiger charge is -2.24. The zero-order valence-electron chi connectivity index (χ0n) is 15.2. The van der Waals surface area contributed by atoms with Crippen LogP contribution in [0.5, 0.6) is 0 Å². The first-order chi connectivity index (χ1) is 12.4. The highest BCUT2D eigenvalue weighted by molar-refractivity contribution is 7.47. The van der Waals surface area contributed by atoms with Crippen LogP contribution in [0.15, 0.2) is 21.9 Å². The van der Waals surface area contributed by atoms with Gasteiger partial charge >= 0.3 is 13.5 Å². The van der Waals surface area contributed by atoms with Crippen molar-refractivity contribution >= 4 is 7.82 Å². The molecule has 1 fully saturated rings. The van der Waals surface area contributed by atoms with Crippen LogP contribution in [-0.2, 0) is 18.3 Å². The number of aliphatic hydroxyl groups is 2. The van der Waals surface area contributed by atoms with E-state index in [-0.39, 0.29) is 6.61 Å². The predicted octanol–water partition coefficient (Wildman–Crippen LogP) is -2.00. The summed E-state index contributed by atoms with van der Waals surface area (Å²) in [6, 6.07) is 1.05. The number of aromatic nitrogens is 2. The second-order valence-corrected chi connectivity index (χ2v) is 8.63. The Hall–Kier alpha value is -1.37. The Morgan fingerprint density at radius 3 is 2.52 bits per heavy atom.